The van der Waals surface area contributed by atoms with E-state index in [1.54, 1.807) is 18.3 Å². The maximum Gasteiger partial charge on any atom is 0.222 e. The molecule has 0 aliphatic rings. The van der Waals surface area contributed by atoms with E-state index in [1.165, 1.54) is 17.9 Å². The van der Waals surface area contributed by atoms with Gasteiger partial charge < -0.3 is 9.73 Å². The monoisotopic (exact) mass is 227 g/mol. The zero-order valence-electron chi connectivity index (χ0n) is 9.30. The Morgan fingerprint density at radius 2 is 2.00 bits per heavy atom. The maximum absolute atomic E-state index is 11.5. The zero-order chi connectivity index (χ0) is 11.9. The van der Waals surface area contributed by atoms with Crippen LogP contribution in [0, 0.1) is 0 Å². The van der Waals surface area contributed by atoms with Gasteiger partial charge in [0.1, 0.15) is 0 Å². The van der Waals surface area contributed by atoms with Crippen LogP contribution in [0.25, 0.3) is 0 Å². The Balaban J connectivity index is 1.81. The number of hydrogen-bond acceptors (Lipinski definition) is 3. The van der Waals surface area contributed by atoms with Crippen molar-refractivity contribution in [1.29, 1.82) is 0 Å². The predicted octanol–water partition coefficient (Wildman–Crippen LogP) is 2.77. The number of rotatable bonds is 5. The Labute approximate surface area is 99.8 Å². The van der Waals surface area contributed by atoms with Crippen LogP contribution in [-0.4, -0.2) is 5.78 Å². The average Bonchev–Trinajstić information content (AvgIpc) is 2.89. The van der Waals surface area contributed by atoms with Gasteiger partial charge in [0.25, 0.3) is 0 Å². The van der Waals surface area contributed by atoms with Crippen molar-refractivity contribution in [2.75, 3.05) is 0 Å². The van der Waals surface area contributed by atoms with Crippen LogP contribution < -0.4 is 5.32 Å². The van der Waals surface area contributed by atoms with Crippen molar-refractivity contribution in [3.63, 3.8) is 0 Å². The molecule has 1 aromatic carbocycles. The van der Waals surface area contributed by atoms with Gasteiger partial charge in [-0.25, -0.2) is 0 Å². The van der Waals surface area contributed by atoms with Gasteiger partial charge >= 0.3 is 0 Å². The van der Waals surface area contributed by atoms with Crippen LogP contribution in [0.2, 0.25) is 0 Å². The van der Waals surface area contributed by atoms with Gasteiger partial charge in [-0.1, -0.05) is 30.3 Å². The van der Waals surface area contributed by atoms with Crippen LogP contribution in [0.1, 0.15) is 16.1 Å². The number of hydrogen-bond donors (Lipinski definition) is 1. The molecule has 0 atom stereocenters. The highest BCUT2D eigenvalue weighted by Crippen LogP contribution is 2.01. The van der Waals surface area contributed by atoms with Crippen molar-refractivity contribution in [1.82, 2.24) is 5.32 Å². The summed E-state index contributed by atoms with van der Waals surface area (Å²) in [6, 6.07) is 13.3. The first-order valence-corrected chi connectivity index (χ1v) is 5.38. The third-order valence-corrected chi connectivity index (χ3v) is 2.27. The first-order valence-electron chi connectivity index (χ1n) is 5.38. The Morgan fingerprint density at radius 3 is 2.71 bits per heavy atom. The highest BCUT2D eigenvalue weighted by Gasteiger charge is 2.02. The number of ketones is 1. The highest BCUT2D eigenvalue weighted by molar-refractivity contribution is 6.02. The maximum atomic E-state index is 11.5. The summed E-state index contributed by atoms with van der Waals surface area (Å²) in [5.41, 5.74) is 1.17. The summed E-state index contributed by atoms with van der Waals surface area (Å²) in [4.78, 5) is 11.5. The number of allylic oxidation sites excluding steroid dienone is 1. The summed E-state index contributed by atoms with van der Waals surface area (Å²) in [7, 11) is 0. The quantitative estimate of drug-likeness (QED) is 0.631. The van der Waals surface area contributed by atoms with Gasteiger partial charge in [0.15, 0.2) is 5.76 Å². The number of furan rings is 1. The van der Waals surface area contributed by atoms with E-state index < -0.39 is 0 Å². The minimum absolute atomic E-state index is 0.143. The molecule has 0 saturated heterocycles. The average molecular weight is 227 g/mol. The van der Waals surface area contributed by atoms with Gasteiger partial charge in [-0.05, 0) is 17.7 Å². The van der Waals surface area contributed by atoms with Gasteiger partial charge in [-0.3, -0.25) is 4.79 Å². The second-order valence-corrected chi connectivity index (χ2v) is 3.54. The predicted molar refractivity (Wildman–Crippen MR) is 65.5 cm³/mol. The van der Waals surface area contributed by atoms with E-state index >= 15 is 0 Å². The molecule has 2 aromatic rings. The second kappa shape index (κ2) is 5.70. The van der Waals surface area contributed by atoms with Crippen LogP contribution in [-0.2, 0) is 6.54 Å². The number of carbonyl (C=O) groups is 1. The van der Waals surface area contributed by atoms with E-state index in [9.17, 15) is 4.79 Å². The molecular formula is C14H13NO2. The van der Waals surface area contributed by atoms with Crippen molar-refractivity contribution < 1.29 is 9.21 Å². The van der Waals surface area contributed by atoms with E-state index in [2.05, 4.69) is 5.32 Å². The Hall–Kier alpha value is -2.29. The van der Waals surface area contributed by atoms with Gasteiger partial charge in [-0.2, -0.15) is 0 Å². The lowest BCUT2D eigenvalue weighted by Crippen LogP contribution is -2.05. The lowest BCUT2D eigenvalue weighted by molar-refractivity contribution is 0.102. The topological polar surface area (TPSA) is 42.2 Å². The largest absolute Gasteiger partial charge is 0.461 e. The van der Waals surface area contributed by atoms with Crippen molar-refractivity contribution in [2.45, 2.75) is 6.54 Å². The fourth-order valence-electron chi connectivity index (χ4n) is 1.41. The van der Waals surface area contributed by atoms with Crippen LogP contribution in [0.4, 0.5) is 0 Å². The molecule has 1 N–H and O–H groups in total. The first kappa shape index (κ1) is 11.2. The minimum atomic E-state index is -0.143. The fraction of sp³-hybridized carbons (Fsp3) is 0.0714. The van der Waals surface area contributed by atoms with E-state index in [-0.39, 0.29) is 5.78 Å². The van der Waals surface area contributed by atoms with Gasteiger partial charge in [0.05, 0.1) is 6.26 Å². The molecule has 1 heterocycles. The molecule has 2 rings (SSSR count). The van der Waals surface area contributed by atoms with Crippen molar-refractivity contribution in [3.05, 3.63) is 72.3 Å². The third-order valence-electron chi connectivity index (χ3n) is 2.27. The normalized spacial score (nSPS) is 10.6. The number of benzene rings is 1. The van der Waals surface area contributed by atoms with Crippen LogP contribution in [0.5, 0.6) is 0 Å². The molecule has 3 heteroatoms. The van der Waals surface area contributed by atoms with E-state index in [0.717, 1.165) is 0 Å². The molecule has 0 fully saturated rings. The molecule has 0 aliphatic heterocycles. The molecule has 86 valence electrons. The summed E-state index contributed by atoms with van der Waals surface area (Å²) in [5.74, 6) is 0.207. The summed E-state index contributed by atoms with van der Waals surface area (Å²) in [5, 5.41) is 3.05. The Bertz CT molecular complexity index is 486. The van der Waals surface area contributed by atoms with E-state index in [1.807, 2.05) is 30.3 Å². The smallest absolute Gasteiger partial charge is 0.222 e. The number of nitrogens with one attached hydrogen (secondary N) is 1. The third kappa shape index (κ3) is 3.34. The van der Waals surface area contributed by atoms with Crippen LogP contribution >= 0.6 is 0 Å². The fourth-order valence-corrected chi connectivity index (χ4v) is 1.41. The minimum Gasteiger partial charge on any atom is -0.461 e. The molecular weight excluding hydrogens is 214 g/mol. The molecule has 0 aliphatic carbocycles. The molecule has 0 amide bonds. The van der Waals surface area contributed by atoms with Crippen molar-refractivity contribution in [3.8, 4) is 0 Å². The van der Waals surface area contributed by atoms with E-state index in [0.29, 0.717) is 12.3 Å². The van der Waals surface area contributed by atoms with Gasteiger partial charge in [0, 0.05) is 18.8 Å². The van der Waals surface area contributed by atoms with Gasteiger partial charge in [0.2, 0.25) is 5.78 Å². The summed E-state index contributed by atoms with van der Waals surface area (Å²) >= 11 is 0. The van der Waals surface area contributed by atoms with Crippen LogP contribution in [0.3, 0.4) is 0 Å². The zero-order valence-corrected chi connectivity index (χ0v) is 9.30. The standard InChI is InChI=1S/C14H13NO2/c16-13(14-7-4-10-17-14)8-9-15-11-12-5-2-1-3-6-12/h1-10,15H,11H2/b9-8+. The summed E-state index contributed by atoms with van der Waals surface area (Å²) in [6.07, 6.45) is 4.58. The van der Waals surface area contributed by atoms with Crippen LogP contribution in [0.15, 0.2) is 65.4 Å². The molecule has 17 heavy (non-hydrogen) atoms. The first-order chi connectivity index (χ1) is 8.36. The molecule has 0 saturated carbocycles. The molecule has 1 aromatic heterocycles. The number of carbonyl (C=O) groups excluding carboxylic acids is 1. The summed E-state index contributed by atoms with van der Waals surface area (Å²) in [6.45, 7) is 0.697. The molecule has 0 unspecified atom stereocenters. The Kier molecular flexibility index (Phi) is 3.76. The molecule has 0 radical (unpaired) electrons. The molecule has 3 nitrogen and oxygen atoms in total. The lowest BCUT2D eigenvalue weighted by Gasteiger charge is -1.99. The van der Waals surface area contributed by atoms with E-state index in [4.69, 9.17) is 4.42 Å². The van der Waals surface area contributed by atoms with Gasteiger partial charge in [-0.15, -0.1) is 0 Å². The highest BCUT2D eigenvalue weighted by atomic mass is 16.3. The summed E-state index contributed by atoms with van der Waals surface area (Å²) < 4.78 is 4.98. The SMILES string of the molecule is O=C(/C=C/NCc1ccccc1)c1ccco1. The lowest BCUT2D eigenvalue weighted by atomic mass is 10.2. The second-order valence-electron chi connectivity index (χ2n) is 3.54. The van der Waals surface area contributed by atoms with Crippen molar-refractivity contribution >= 4 is 5.78 Å². The Morgan fingerprint density at radius 1 is 1.18 bits per heavy atom. The van der Waals surface area contributed by atoms with Crippen molar-refractivity contribution in [2.24, 2.45) is 0 Å². The molecule has 0 bridgehead atoms. The molecule has 0 spiro atoms.